The van der Waals surface area contributed by atoms with E-state index in [-0.39, 0.29) is 11.6 Å². The number of rotatable bonds is 4. The number of nitrogens with one attached hydrogen (secondary N) is 2. The molecule has 0 aromatic heterocycles. The molecular weight excluding hydrogens is 300 g/mol. The normalized spacial score (nSPS) is 15.0. The van der Waals surface area contributed by atoms with E-state index in [9.17, 15) is 4.79 Å². The first-order valence-corrected chi connectivity index (χ1v) is 7.49. The standard InChI is InChI=1S/C17H17ClN2O2/c1-22-15-5-3-2-4-14(15)17(10-11-17)20-16(21)19-13-8-6-12(18)7-9-13/h2-9H,10-11H2,1H3,(H2,19,20,21). The van der Waals surface area contributed by atoms with Gasteiger partial charge in [0.1, 0.15) is 5.75 Å². The van der Waals surface area contributed by atoms with Crippen molar-refractivity contribution >= 4 is 23.3 Å². The predicted molar refractivity (Wildman–Crippen MR) is 87.5 cm³/mol. The molecule has 0 aliphatic heterocycles. The maximum Gasteiger partial charge on any atom is 0.319 e. The number of ether oxygens (including phenoxy) is 1. The van der Waals surface area contributed by atoms with E-state index in [4.69, 9.17) is 16.3 Å². The molecule has 0 spiro atoms. The number of carbonyl (C=O) groups excluding carboxylic acids is 1. The second kappa shape index (κ2) is 5.89. The van der Waals surface area contributed by atoms with Crippen LogP contribution < -0.4 is 15.4 Å². The molecule has 0 saturated heterocycles. The van der Waals surface area contributed by atoms with Crippen molar-refractivity contribution in [3.05, 3.63) is 59.1 Å². The summed E-state index contributed by atoms with van der Waals surface area (Å²) in [5, 5.41) is 6.52. The van der Waals surface area contributed by atoms with Gasteiger partial charge in [-0.3, -0.25) is 0 Å². The predicted octanol–water partition coefficient (Wildman–Crippen LogP) is 4.16. The highest BCUT2D eigenvalue weighted by atomic mass is 35.5. The SMILES string of the molecule is COc1ccccc1C1(NC(=O)Nc2ccc(Cl)cc2)CC1. The number of amides is 2. The van der Waals surface area contributed by atoms with Crippen molar-refractivity contribution in [3.8, 4) is 5.75 Å². The van der Waals surface area contributed by atoms with Crippen LogP contribution in [-0.2, 0) is 5.54 Å². The van der Waals surface area contributed by atoms with Crippen LogP contribution >= 0.6 is 11.6 Å². The molecule has 5 heteroatoms. The number of urea groups is 1. The maximum absolute atomic E-state index is 12.2. The highest BCUT2D eigenvalue weighted by Gasteiger charge is 2.47. The molecule has 3 rings (SSSR count). The molecule has 2 amide bonds. The maximum atomic E-state index is 12.2. The van der Waals surface area contributed by atoms with Crippen LogP contribution in [0.2, 0.25) is 5.02 Å². The summed E-state index contributed by atoms with van der Waals surface area (Å²) in [6.07, 6.45) is 1.81. The molecule has 0 atom stereocenters. The van der Waals surface area contributed by atoms with Crippen molar-refractivity contribution in [1.29, 1.82) is 0 Å². The second-order valence-corrected chi connectivity index (χ2v) is 5.80. The van der Waals surface area contributed by atoms with Gasteiger partial charge in [-0.2, -0.15) is 0 Å². The molecule has 22 heavy (non-hydrogen) atoms. The summed E-state index contributed by atoms with van der Waals surface area (Å²) >= 11 is 5.84. The van der Waals surface area contributed by atoms with E-state index in [1.165, 1.54) is 0 Å². The number of hydrogen-bond acceptors (Lipinski definition) is 2. The van der Waals surface area contributed by atoms with Gasteiger partial charge in [-0.1, -0.05) is 29.8 Å². The van der Waals surface area contributed by atoms with E-state index >= 15 is 0 Å². The van der Waals surface area contributed by atoms with E-state index in [0.29, 0.717) is 10.7 Å². The molecule has 114 valence electrons. The Kier molecular flexibility index (Phi) is 3.94. The zero-order chi connectivity index (χ0) is 15.6. The number of hydrogen-bond donors (Lipinski definition) is 2. The molecular formula is C17H17ClN2O2. The van der Waals surface area contributed by atoms with Crippen molar-refractivity contribution in [2.45, 2.75) is 18.4 Å². The minimum absolute atomic E-state index is 0.231. The minimum Gasteiger partial charge on any atom is -0.496 e. The third kappa shape index (κ3) is 3.02. The Morgan fingerprint density at radius 1 is 1.14 bits per heavy atom. The molecule has 0 radical (unpaired) electrons. The fraction of sp³-hybridized carbons (Fsp3) is 0.235. The highest BCUT2D eigenvalue weighted by Crippen LogP contribution is 2.48. The molecule has 1 saturated carbocycles. The molecule has 4 nitrogen and oxygen atoms in total. The lowest BCUT2D eigenvalue weighted by Gasteiger charge is -2.20. The fourth-order valence-corrected chi connectivity index (χ4v) is 2.67. The second-order valence-electron chi connectivity index (χ2n) is 5.37. The number of para-hydroxylation sites is 1. The average molecular weight is 317 g/mol. The summed E-state index contributed by atoms with van der Waals surface area (Å²) in [4.78, 5) is 12.2. The van der Waals surface area contributed by atoms with Crippen molar-refractivity contribution in [1.82, 2.24) is 5.32 Å². The van der Waals surface area contributed by atoms with E-state index in [1.54, 1.807) is 31.4 Å². The smallest absolute Gasteiger partial charge is 0.319 e. The largest absolute Gasteiger partial charge is 0.496 e. The Balaban J connectivity index is 1.72. The van der Waals surface area contributed by atoms with Gasteiger partial charge in [-0.25, -0.2) is 4.79 Å². The Labute approximate surface area is 134 Å². The number of carbonyl (C=O) groups is 1. The summed E-state index contributed by atoms with van der Waals surface area (Å²) in [6, 6.07) is 14.6. The third-order valence-corrected chi connectivity index (χ3v) is 4.08. The zero-order valence-electron chi connectivity index (χ0n) is 12.2. The van der Waals surface area contributed by atoms with Crippen LogP contribution in [-0.4, -0.2) is 13.1 Å². The quantitative estimate of drug-likeness (QED) is 0.890. The van der Waals surface area contributed by atoms with Crippen molar-refractivity contribution in [3.63, 3.8) is 0 Å². The Morgan fingerprint density at radius 3 is 2.45 bits per heavy atom. The van der Waals surface area contributed by atoms with Gasteiger partial charge >= 0.3 is 6.03 Å². The Hall–Kier alpha value is -2.20. The van der Waals surface area contributed by atoms with E-state index in [2.05, 4.69) is 10.6 Å². The number of benzene rings is 2. The summed E-state index contributed by atoms with van der Waals surface area (Å²) in [5.74, 6) is 0.798. The van der Waals surface area contributed by atoms with Gasteiger partial charge in [0.15, 0.2) is 0 Å². The fourth-order valence-electron chi connectivity index (χ4n) is 2.54. The number of anilines is 1. The molecule has 2 N–H and O–H groups in total. The summed E-state index contributed by atoms with van der Waals surface area (Å²) in [5.41, 5.74) is 1.39. The van der Waals surface area contributed by atoms with Crippen LogP contribution in [0.3, 0.4) is 0 Å². The topological polar surface area (TPSA) is 50.4 Å². The number of halogens is 1. The summed E-state index contributed by atoms with van der Waals surface area (Å²) in [7, 11) is 1.64. The minimum atomic E-state index is -0.330. The first-order valence-electron chi connectivity index (χ1n) is 7.11. The van der Waals surface area contributed by atoms with Crippen molar-refractivity contribution in [2.75, 3.05) is 12.4 Å². The van der Waals surface area contributed by atoms with Crippen LogP contribution in [0.4, 0.5) is 10.5 Å². The first kappa shape index (κ1) is 14.7. The third-order valence-electron chi connectivity index (χ3n) is 3.83. The van der Waals surface area contributed by atoms with Gasteiger partial charge in [-0.15, -0.1) is 0 Å². The van der Waals surface area contributed by atoms with Crippen LogP contribution in [0.25, 0.3) is 0 Å². The average Bonchev–Trinajstić information content (AvgIpc) is 3.30. The van der Waals surface area contributed by atoms with Crippen LogP contribution in [0.15, 0.2) is 48.5 Å². The molecule has 1 aliphatic rings. The van der Waals surface area contributed by atoms with Gasteiger partial charge < -0.3 is 15.4 Å². The molecule has 2 aromatic rings. The van der Waals surface area contributed by atoms with Crippen molar-refractivity contribution < 1.29 is 9.53 Å². The zero-order valence-corrected chi connectivity index (χ0v) is 13.0. The van der Waals surface area contributed by atoms with Crippen LogP contribution in [0, 0.1) is 0 Å². The summed E-state index contributed by atoms with van der Waals surface area (Å²) in [6.45, 7) is 0. The van der Waals surface area contributed by atoms with E-state index < -0.39 is 0 Å². The lowest BCUT2D eigenvalue weighted by Crippen LogP contribution is -2.38. The molecule has 0 unspecified atom stereocenters. The molecule has 0 heterocycles. The lowest BCUT2D eigenvalue weighted by atomic mass is 10.0. The first-order chi connectivity index (χ1) is 10.6. The highest BCUT2D eigenvalue weighted by molar-refractivity contribution is 6.30. The summed E-state index contributed by atoms with van der Waals surface area (Å²) < 4.78 is 5.40. The lowest BCUT2D eigenvalue weighted by molar-refractivity contribution is 0.247. The molecule has 1 fully saturated rings. The van der Waals surface area contributed by atoms with Gasteiger partial charge in [0.25, 0.3) is 0 Å². The molecule has 0 bridgehead atoms. The van der Waals surface area contributed by atoms with Gasteiger partial charge in [0.2, 0.25) is 0 Å². The van der Waals surface area contributed by atoms with Gasteiger partial charge in [-0.05, 0) is 43.2 Å². The van der Waals surface area contributed by atoms with Crippen LogP contribution in [0.5, 0.6) is 5.75 Å². The van der Waals surface area contributed by atoms with Crippen LogP contribution in [0.1, 0.15) is 18.4 Å². The Bertz CT molecular complexity index is 681. The number of methoxy groups -OCH3 is 1. The molecule has 2 aromatic carbocycles. The van der Waals surface area contributed by atoms with E-state index in [1.807, 2.05) is 24.3 Å². The molecule has 1 aliphatic carbocycles. The monoisotopic (exact) mass is 316 g/mol. The van der Waals surface area contributed by atoms with Gasteiger partial charge in [0.05, 0.1) is 12.6 Å². The Morgan fingerprint density at radius 2 is 1.82 bits per heavy atom. The van der Waals surface area contributed by atoms with Gasteiger partial charge in [0, 0.05) is 16.3 Å². The van der Waals surface area contributed by atoms with E-state index in [0.717, 1.165) is 24.2 Å². The van der Waals surface area contributed by atoms with Crippen molar-refractivity contribution in [2.24, 2.45) is 0 Å².